The van der Waals surface area contributed by atoms with E-state index < -0.39 is 0 Å². The summed E-state index contributed by atoms with van der Waals surface area (Å²) in [5.74, 6) is 0. The van der Waals surface area contributed by atoms with Crippen molar-refractivity contribution in [2.24, 2.45) is 0 Å². The van der Waals surface area contributed by atoms with Crippen molar-refractivity contribution < 1.29 is 0 Å². The van der Waals surface area contributed by atoms with E-state index in [4.69, 9.17) is 11.6 Å². The molecule has 0 saturated heterocycles. The highest BCUT2D eigenvalue weighted by molar-refractivity contribution is 6.33. The van der Waals surface area contributed by atoms with E-state index in [1.807, 2.05) is 12.1 Å². The van der Waals surface area contributed by atoms with Crippen molar-refractivity contribution in [1.29, 1.82) is 0 Å². The molecule has 20 heavy (non-hydrogen) atoms. The lowest BCUT2D eigenvalue weighted by Gasteiger charge is -2.32. The van der Waals surface area contributed by atoms with Gasteiger partial charge in [0.1, 0.15) is 0 Å². The Balaban J connectivity index is 2.97. The molecule has 0 aliphatic rings. The molecule has 0 atom stereocenters. The Kier molecular flexibility index (Phi) is 8.01. The van der Waals surface area contributed by atoms with Crippen LogP contribution in [0.25, 0.3) is 0 Å². The van der Waals surface area contributed by atoms with Crippen molar-refractivity contribution in [3.05, 3.63) is 28.8 Å². The van der Waals surface area contributed by atoms with Crippen LogP contribution in [0, 0.1) is 0 Å². The topological polar surface area (TPSA) is 15.3 Å². The number of unbranched alkanes of at least 4 members (excludes halogenated alkanes) is 2. The number of rotatable bonds is 9. The zero-order chi connectivity index (χ0) is 15.0. The second-order valence-corrected chi connectivity index (χ2v) is 5.93. The van der Waals surface area contributed by atoms with Crippen molar-refractivity contribution in [1.82, 2.24) is 5.32 Å². The minimum absolute atomic E-state index is 0.465. The van der Waals surface area contributed by atoms with Crippen LogP contribution >= 0.6 is 11.6 Å². The number of nitrogens with one attached hydrogen (secondary N) is 1. The van der Waals surface area contributed by atoms with Gasteiger partial charge >= 0.3 is 0 Å². The fraction of sp³-hybridized carbons (Fsp3) is 0.647. The number of halogens is 1. The summed E-state index contributed by atoms with van der Waals surface area (Å²) >= 11 is 6.49. The molecule has 0 unspecified atom stereocenters. The highest BCUT2D eigenvalue weighted by Crippen LogP contribution is 2.31. The predicted octanol–water partition coefficient (Wildman–Crippen LogP) is 4.85. The van der Waals surface area contributed by atoms with Gasteiger partial charge in [0.25, 0.3) is 0 Å². The lowest BCUT2D eigenvalue weighted by Crippen LogP contribution is -2.33. The third-order valence-corrected chi connectivity index (χ3v) is 3.85. The van der Waals surface area contributed by atoms with Crippen molar-refractivity contribution in [3.63, 3.8) is 0 Å². The van der Waals surface area contributed by atoms with E-state index in [1.54, 1.807) is 0 Å². The molecule has 0 fully saturated rings. The number of hydrogen-bond donors (Lipinski definition) is 1. The Bertz CT molecular complexity index is 391. The van der Waals surface area contributed by atoms with Gasteiger partial charge in [-0.25, -0.2) is 0 Å². The Morgan fingerprint density at radius 3 is 2.55 bits per heavy atom. The first-order valence-electron chi connectivity index (χ1n) is 7.86. The van der Waals surface area contributed by atoms with Gasteiger partial charge in [-0.05, 0) is 38.4 Å². The monoisotopic (exact) mass is 296 g/mol. The third-order valence-electron chi connectivity index (χ3n) is 3.55. The van der Waals surface area contributed by atoms with Gasteiger partial charge < -0.3 is 10.2 Å². The molecule has 0 aliphatic heterocycles. The molecule has 2 nitrogen and oxygen atoms in total. The highest BCUT2D eigenvalue weighted by atomic mass is 35.5. The van der Waals surface area contributed by atoms with Crippen LogP contribution in [0.3, 0.4) is 0 Å². The van der Waals surface area contributed by atoms with Crippen molar-refractivity contribution in [2.75, 3.05) is 18.0 Å². The normalized spacial score (nSPS) is 11.1. The second kappa shape index (κ2) is 9.25. The van der Waals surface area contributed by atoms with Gasteiger partial charge in [0.2, 0.25) is 0 Å². The van der Waals surface area contributed by atoms with Crippen LogP contribution in [0.5, 0.6) is 0 Å². The van der Waals surface area contributed by atoms with Gasteiger partial charge in [0.15, 0.2) is 0 Å². The van der Waals surface area contributed by atoms with Gasteiger partial charge in [-0.15, -0.1) is 0 Å². The average molecular weight is 297 g/mol. The van der Waals surface area contributed by atoms with E-state index in [0.717, 1.165) is 24.7 Å². The third kappa shape index (κ3) is 4.99. The first-order chi connectivity index (χ1) is 9.61. The minimum Gasteiger partial charge on any atom is -0.368 e. The molecule has 0 saturated carbocycles. The molecule has 1 N–H and O–H groups in total. The van der Waals surface area contributed by atoms with Crippen LogP contribution in [-0.4, -0.2) is 19.1 Å². The zero-order valence-corrected chi connectivity index (χ0v) is 14.1. The van der Waals surface area contributed by atoms with Crippen LogP contribution in [0.15, 0.2) is 18.2 Å². The van der Waals surface area contributed by atoms with Crippen LogP contribution in [0.2, 0.25) is 5.02 Å². The van der Waals surface area contributed by atoms with E-state index in [1.165, 1.54) is 30.5 Å². The molecule has 3 heteroatoms. The molecule has 114 valence electrons. The summed E-state index contributed by atoms with van der Waals surface area (Å²) in [6.07, 6.45) is 3.75. The van der Waals surface area contributed by atoms with Crippen LogP contribution in [0.1, 0.15) is 52.5 Å². The molecule has 0 aliphatic carbocycles. The first kappa shape index (κ1) is 17.3. The zero-order valence-electron chi connectivity index (χ0n) is 13.4. The molecule has 0 bridgehead atoms. The van der Waals surface area contributed by atoms with Gasteiger partial charge in [0.05, 0.1) is 10.7 Å². The number of nitrogens with zero attached hydrogens (tertiary/aromatic N) is 1. The van der Waals surface area contributed by atoms with Crippen LogP contribution in [0.4, 0.5) is 5.69 Å². The van der Waals surface area contributed by atoms with E-state index in [2.05, 4.69) is 44.0 Å². The SMILES string of the molecule is CCCCCN(c1c(Cl)cccc1CNCC)C(C)C. The van der Waals surface area contributed by atoms with E-state index >= 15 is 0 Å². The molecule has 1 aromatic rings. The fourth-order valence-electron chi connectivity index (χ4n) is 2.44. The number of para-hydroxylation sites is 1. The standard InChI is InChI=1S/C17H29ClN2/c1-5-7-8-12-20(14(3)4)17-15(13-19-6-2)10-9-11-16(17)18/h9-11,14,19H,5-8,12-13H2,1-4H3. The van der Waals surface area contributed by atoms with Gasteiger partial charge in [-0.2, -0.15) is 0 Å². The van der Waals surface area contributed by atoms with Gasteiger partial charge in [-0.3, -0.25) is 0 Å². The van der Waals surface area contributed by atoms with Gasteiger partial charge in [-0.1, -0.05) is 50.4 Å². The van der Waals surface area contributed by atoms with Crippen LogP contribution < -0.4 is 10.2 Å². The molecule has 0 aromatic heterocycles. The maximum Gasteiger partial charge on any atom is 0.0643 e. The van der Waals surface area contributed by atoms with E-state index in [-0.39, 0.29) is 0 Å². The molecule has 0 heterocycles. The lowest BCUT2D eigenvalue weighted by atomic mass is 10.1. The van der Waals surface area contributed by atoms with E-state index in [9.17, 15) is 0 Å². The number of hydrogen-bond acceptors (Lipinski definition) is 2. The maximum atomic E-state index is 6.49. The molecule has 0 spiro atoms. The summed E-state index contributed by atoms with van der Waals surface area (Å²) in [7, 11) is 0. The minimum atomic E-state index is 0.465. The molecular weight excluding hydrogens is 268 g/mol. The Morgan fingerprint density at radius 1 is 1.20 bits per heavy atom. The summed E-state index contributed by atoms with van der Waals surface area (Å²) in [5.41, 5.74) is 2.51. The summed E-state index contributed by atoms with van der Waals surface area (Å²) in [5, 5.41) is 4.27. The van der Waals surface area contributed by atoms with E-state index in [0.29, 0.717) is 6.04 Å². The Hall–Kier alpha value is -0.730. The Labute approximate surface area is 129 Å². The Morgan fingerprint density at radius 2 is 1.95 bits per heavy atom. The smallest absolute Gasteiger partial charge is 0.0643 e. The second-order valence-electron chi connectivity index (χ2n) is 5.52. The predicted molar refractivity (Wildman–Crippen MR) is 90.8 cm³/mol. The largest absolute Gasteiger partial charge is 0.368 e. The summed E-state index contributed by atoms with van der Waals surface area (Å²) < 4.78 is 0. The molecule has 0 amide bonds. The number of anilines is 1. The van der Waals surface area contributed by atoms with Crippen molar-refractivity contribution in [3.8, 4) is 0 Å². The van der Waals surface area contributed by atoms with Crippen molar-refractivity contribution >= 4 is 17.3 Å². The molecule has 1 aromatic carbocycles. The summed E-state index contributed by atoms with van der Waals surface area (Å²) in [6, 6.07) is 6.69. The lowest BCUT2D eigenvalue weighted by molar-refractivity contribution is 0.620. The first-order valence-corrected chi connectivity index (χ1v) is 8.24. The quantitative estimate of drug-likeness (QED) is 0.655. The summed E-state index contributed by atoms with van der Waals surface area (Å²) in [6.45, 7) is 11.8. The van der Waals surface area contributed by atoms with Crippen LogP contribution in [-0.2, 0) is 6.54 Å². The highest BCUT2D eigenvalue weighted by Gasteiger charge is 2.17. The summed E-state index contributed by atoms with van der Waals surface area (Å²) in [4.78, 5) is 2.45. The van der Waals surface area contributed by atoms with Gasteiger partial charge in [0, 0.05) is 19.1 Å². The maximum absolute atomic E-state index is 6.49. The molecule has 1 rings (SSSR count). The number of benzene rings is 1. The molecular formula is C17H29ClN2. The van der Waals surface area contributed by atoms with Crippen molar-refractivity contribution in [2.45, 2.75) is 59.5 Å². The average Bonchev–Trinajstić information content (AvgIpc) is 2.42. The fourth-order valence-corrected chi connectivity index (χ4v) is 2.75. The molecule has 0 radical (unpaired) electrons.